The van der Waals surface area contributed by atoms with Crippen LogP contribution in [0.5, 0.6) is 0 Å². The minimum Gasteiger partial charge on any atom is -0.347 e. The van der Waals surface area contributed by atoms with E-state index in [0.717, 1.165) is 21.1 Å². The number of fused-ring (bicyclic) bond motifs is 1. The number of rotatable bonds is 4. The molecule has 0 aliphatic carbocycles. The van der Waals surface area contributed by atoms with E-state index in [1.165, 1.54) is 16.7 Å². The Labute approximate surface area is 153 Å². The van der Waals surface area contributed by atoms with Gasteiger partial charge in [-0.1, -0.05) is 30.3 Å². The summed E-state index contributed by atoms with van der Waals surface area (Å²) in [6.07, 6.45) is 0. The molecule has 112 valence electrons. The first-order valence-corrected chi connectivity index (χ1v) is 11.6. The Kier molecular flexibility index (Phi) is 5.45. The van der Waals surface area contributed by atoms with E-state index >= 15 is 0 Å². The molecule has 0 fully saturated rings. The van der Waals surface area contributed by atoms with E-state index in [2.05, 4.69) is 85.4 Å². The van der Waals surface area contributed by atoms with Crippen LogP contribution in [0.1, 0.15) is 11.3 Å². The van der Waals surface area contributed by atoms with Crippen molar-refractivity contribution in [2.45, 2.75) is 13.5 Å². The smallest absolute Gasteiger partial charge is 0.0847 e. The summed E-state index contributed by atoms with van der Waals surface area (Å²) in [5.41, 5.74) is 5.63. The molecule has 0 N–H and O–H groups in total. The number of nitrogens with zero attached hydrogens (tertiary/aromatic N) is 1. The van der Waals surface area contributed by atoms with E-state index in [0.29, 0.717) is 13.1 Å². The summed E-state index contributed by atoms with van der Waals surface area (Å²) >= 11 is 5.88. The highest BCUT2D eigenvalue weighted by Gasteiger charge is 2.06. The maximum absolute atomic E-state index is 5.45. The van der Waals surface area contributed by atoms with Gasteiger partial charge in [0.1, 0.15) is 0 Å². The van der Waals surface area contributed by atoms with Gasteiger partial charge in [-0.15, -0.1) is 0 Å². The Morgan fingerprint density at radius 3 is 2.59 bits per heavy atom. The van der Waals surface area contributed by atoms with Crippen LogP contribution in [-0.2, 0) is 11.1 Å². The summed E-state index contributed by atoms with van der Waals surface area (Å²) in [5, 5.41) is 1.15. The molecule has 22 heavy (non-hydrogen) atoms. The molecule has 2 aromatic carbocycles. The molecule has 1 unspecified atom stereocenters. The lowest BCUT2D eigenvalue weighted by Gasteiger charge is -2.08. The van der Waals surface area contributed by atoms with Gasteiger partial charge in [0, 0.05) is 15.6 Å². The third kappa shape index (κ3) is 3.67. The van der Waals surface area contributed by atoms with Crippen LogP contribution in [0.4, 0.5) is 0 Å². The Morgan fingerprint density at radius 1 is 1.09 bits per heavy atom. The maximum atomic E-state index is 5.45. The van der Waals surface area contributed by atoms with Crippen molar-refractivity contribution in [3.05, 3.63) is 64.3 Å². The van der Waals surface area contributed by atoms with E-state index in [1.54, 1.807) is 0 Å². The zero-order valence-electron chi connectivity index (χ0n) is 11.9. The molecule has 5 heteroatoms. The van der Waals surface area contributed by atoms with Crippen molar-refractivity contribution < 1.29 is 4.52 Å². The molecule has 1 atom stereocenters. The highest BCUT2D eigenvalue weighted by molar-refractivity contribution is 14.2. The standard InChI is InChI=1S/C17H14BrINOP/c1-11-2-5-14-8-15(9-16(18)17(14)20-11)13-6-3-12(4-7-13)10-21-22-19/h2-9,22H,10H2,1H3. The van der Waals surface area contributed by atoms with Gasteiger partial charge in [-0.3, -0.25) is 4.98 Å². The lowest BCUT2D eigenvalue weighted by atomic mass is 10.0. The van der Waals surface area contributed by atoms with Gasteiger partial charge in [-0.2, -0.15) is 0 Å². The van der Waals surface area contributed by atoms with E-state index < -0.39 is 0 Å². The number of hydrogen-bond acceptors (Lipinski definition) is 2. The highest BCUT2D eigenvalue weighted by atomic mass is 127. The molecule has 3 aromatic rings. The molecule has 1 aromatic heterocycles. The second-order valence-corrected chi connectivity index (χ2v) is 7.66. The molecule has 0 aliphatic rings. The van der Waals surface area contributed by atoms with Crippen molar-refractivity contribution in [2.75, 3.05) is 0 Å². The van der Waals surface area contributed by atoms with Crippen LogP contribution < -0.4 is 0 Å². The van der Waals surface area contributed by atoms with Crippen molar-refractivity contribution in [1.82, 2.24) is 4.98 Å². The lowest BCUT2D eigenvalue weighted by molar-refractivity contribution is 0.360. The first-order chi connectivity index (χ1) is 10.7. The summed E-state index contributed by atoms with van der Waals surface area (Å²) in [7, 11) is 0. The van der Waals surface area contributed by atoms with Crippen LogP contribution in [0.15, 0.2) is 53.0 Å². The first kappa shape index (κ1) is 16.3. The van der Waals surface area contributed by atoms with Crippen LogP contribution in [0.2, 0.25) is 0 Å². The van der Waals surface area contributed by atoms with Crippen LogP contribution in [0, 0.1) is 6.92 Å². The molecule has 0 aliphatic heterocycles. The predicted octanol–water partition coefficient (Wildman–Crippen LogP) is 6.43. The third-order valence-corrected chi connectivity index (χ3v) is 5.26. The molecular formula is C17H14BrINOP. The molecule has 3 rings (SSSR count). The van der Waals surface area contributed by atoms with Crippen molar-refractivity contribution in [3.8, 4) is 11.1 Å². The minimum atomic E-state index is 0.496. The topological polar surface area (TPSA) is 22.1 Å². The van der Waals surface area contributed by atoms with Gasteiger partial charge in [-0.25, -0.2) is 0 Å². The van der Waals surface area contributed by atoms with Gasteiger partial charge in [0.05, 0.1) is 18.6 Å². The number of aryl methyl sites for hydroxylation is 1. The van der Waals surface area contributed by atoms with E-state index in [4.69, 9.17) is 4.52 Å². The molecule has 0 saturated carbocycles. The molecule has 0 radical (unpaired) electrons. The second-order valence-electron chi connectivity index (χ2n) is 5.05. The Bertz CT molecular complexity index is 808. The number of pyridine rings is 1. The summed E-state index contributed by atoms with van der Waals surface area (Å²) in [5.74, 6) is 0. The second kappa shape index (κ2) is 7.35. The molecule has 0 spiro atoms. The van der Waals surface area contributed by atoms with E-state index in [-0.39, 0.29) is 0 Å². The zero-order valence-corrected chi connectivity index (χ0v) is 16.7. The molecule has 1 heterocycles. The summed E-state index contributed by atoms with van der Waals surface area (Å²) in [6.45, 7) is 3.18. The molecule has 0 saturated heterocycles. The summed E-state index contributed by atoms with van der Waals surface area (Å²) < 4.78 is 6.48. The molecule has 2 nitrogen and oxygen atoms in total. The third-order valence-electron chi connectivity index (χ3n) is 3.47. The fourth-order valence-corrected chi connectivity index (χ4v) is 3.61. The van der Waals surface area contributed by atoms with Gasteiger partial charge in [0.2, 0.25) is 0 Å². The largest absolute Gasteiger partial charge is 0.347 e. The Balaban J connectivity index is 1.97. The molecular weight excluding hydrogens is 472 g/mol. The van der Waals surface area contributed by atoms with Gasteiger partial charge < -0.3 is 4.52 Å². The fraction of sp³-hybridized carbons (Fsp3) is 0.118. The van der Waals surface area contributed by atoms with Crippen LogP contribution >= 0.6 is 44.4 Å². The fourth-order valence-electron chi connectivity index (χ4n) is 2.36. The van der Waals surface area contributed by atoms with E-state index in [1.807, 2.05) is 13.0 Å². The highest BCUT2D eigenvalue weighted by Crippen LogP contribution is 2.31. The number of hydrogen-bond donors (Lipinski definition) is 0. The average Bonchev–Trinajstić information content (AvgIpc) is 2.54. The Hall–Kier alpha value is -0.550. The lowest BCUT2D eigenvalue weighted by Crippen LogP contribution is -1.88. The van der Waals surface area contributed by atoms with Gasteiger partial charge in [-0.05, 0) is 79.8 Å². The van der Waals surface area contributed by atoms with Gasteiger partial charge in [0.15, 0.2) is 0 Å². The maximum Gasteiger partial charge on any atom is 0.0847 e. The summed E-state index contributed by atoms with van der Waals surface area (Å²) in [6, 6.07) is 17.0. The van der Waals surface area contributed by atoms with Crippen LogP contribution in [0.25, 0.3) is 22.0 Å². The van der Waals surface area contributed by atoms with Crippen molar-refractivity contribution in [2.24, 2.45) is 0 Å². The van der Waals surface area contributed by atoms with E-state index in [9.17, 15) is 0 Å². The SMILES string of the molecule is Cc1ccc2cc(-c3ccc(COPI)cc3)cc(Br)c2n1. The number of benzene rings is 2. The average molecular weight is 486 g/mol. The van der Waals surface area contributed by atoms with Crippen molar-refractivity contribution in [1.29, 1.82) is 0 Å². The number of aromatic nitrogens is 1. The number of halogens is 2. The van der Waals surface area contributed by atoms with Crippen molar-refractivity contribution in [3.63, 3.8) is 0 Å². The van der Waals surface area contributed by atoms with Crippen LogP contribution in [0.3, 0.4) is 0 Å². The van der Waals surface area contributed by atoms with Crippen molar-refractivity contribution >= 4 is 55.3 Å². The molecule has 0 bridgehead atoms. The molecule has 0 amide bonds. The summed E-state index contributed by atoms with van der Waals surface area (Å²) in [4.78, 5) is 4.59. The zero-order chi connectivity index (χ0) is 15.5. The monoisotopic (exact) mass is 485 g/mol. The minimum absolute atomic E-state index is 0.496. The quantitative estimate of drug-likeness (QED) is 0.313. The van der Waals surface area contributed by atoms with Gasteiger partial charge in [0.25, 0.3) is 0 Å². The first-order valence-electron chi connectivity index (χ1n) is 6.81. The normalized spacial score (nSPS) is 11.6. The predicted molar refractivity (Wildman–Crippen MR) is 107 cm³/mol. The van der Waals surface area contributed by atoms with Gasteiger partial charge >= 0.3 is 0 Å². The van der Waals surface area contributed by atoms with Crippen LogP contribution in [-0.4, -0.2) is 4.98 Å². The Morgan fingerprint density at radius 2 is 1.86 bits per heavy atom.